The topological polar surface area (TPSA) is 32.3 Å². The van der Waals surface area contributed by atoms with Crippen molar-refractivity contribution in [2.45, 2.75) is 37.5 Å². The molecule has 2 saturated heterocycles. The molecule has 17 heavy (non-hydrogen) atoms. The van der Waals surface area contributed by atoms with Gasteiger partial charge in [0.2, 0.25) is 0 Å². The average molecular weight is 274 g/mol. The molecule has 2 nitrogen and oxygen atoms in total. The first-order valence-electron chi connectivity index (χ1n) is 5.79. The number of nitrogens with one attached hydrogen (secondary N) is 1. The van der Waals surface area contributed by atoms with Gasteiger partial charge in [-0.05, 0) is 43.4 Å². The summed E-state index contributed by atoms with van der Waals surface area (Å²) >= 11 is 5.94. The first-order chi connectivity index (χ1) is 7.57. The van der Waals surface area contributed by atoms with Crippen molar-refractivity contribution in [3.05, 3.63) is 34.9 Å². The van der Waals surface area contributed by atoms with Crippen LogP contribution in [-0.2, 0) is 0 Å². The highest BCUT2D eigenvalue weighted by molar-refractivity contribution is 6.30. The first kappa shape index (κ1) is 13.2. The zero-order valence-electron chi connectivity index (χ0n) is 9.69. The van der Waals surface area contributed by atoms with Crippen molar-refractivity contribution >= 4 is 24.0 Å². The Morgan fingerprint density at radius 2 is 2.18 bits per heavy atom. The minimum atomic E-state index is -0.437. The van der Waals surface area contributed by atoms with E-state index in [0.29, 0.717) is 10.9 Å². The van der Waals surface area contributed by atoms with Gasteiger partial charge in [0, 0.05) is 16.6 Å². The van der Waals surface area contributed by atoms with Crippen molar-refractivity contribution in [2.24, 2.45) is 5.92 Å². The molecule has 1 aliphatic carbocycles. The summed E-state index contributed by atoms with van der Waals surface area (Å²) in [6.07, 6.45) is 1.94. The fourth-order valence-electron chi connectivity index (χ4n) is 3.22. The molecule has 0 radical (unpaired) electrons. The van der Waals surface area contributed by atoms with Crippen LogP contribution in [0.4, 0.5) is 0 Å². The van der Waals surface area contributed by atoms with Crippen LogP contribution < -0.4 is 5.32 Å². The maximum absolute atomic E-state index is 10.3. The predicted octanol–water partition coefficient (Wildman–Crippen LogP) is 2.94. The van der Waals surface area contributed by atoms with Gasteiger partial charge in [-0.25, -0.2) is 0 Å². The van der Waals surface area contributed by atoms with Crippen LogP contribution >= 0.6 is 24.0 Å². The van der Waals surface area contributed by atoms with Crippen LogP contribution in [0.15, 0.2) is 24.3 Å². The molecule has 2 aliphatic heterocycles. The lowest BCUT2D eigenvalue weighted by Gasteiger charge is -2.33. The number of fused-ring (bicyclic) bond motifs is 1. The van der Waals surface area contributed by atoms with Crippen molar-refractivity contribution in [1.29, 1.82) is 0 Å². The lowest BCUT2D eigenvalue weighted by atomic mass is 9.72. The summed E-state index contributed by atoms with van der Waals surface area (Å²) in [5.74, 6) is 0.624. The lowest BCUT2D eigenvalue weighted by molar-refractivity contribution is 0.121. The quantitative estimate of drug-likeness (QED) is 0.869. The molecule has 4 rings (SSSR count). The Kier molecular flexibility index (Phi) is 3.43. The highest BCUT2D eigenvalue weighted by Crippen LogP contribution is 2.50. The summed E-state index contributed by atoms with van der Waals surface area (Å²) in [5.41, 5.74) is 1.19. The zero-order valence-corrected chi connectivity index (χ0v) is 11.3. The molecule has 94 valence electrons. The molecule has 1 aromatic carbocycles. The summed E-state index contributed by atoms with van der Waals surface area (Å²) in [6, 6.07) is 7.72. The van der Waals surface area contributed by atoms with Crippen molar-refractivity contribution in [2.75, 3.05) is 0 Å². The SMILES string of the molecule is CC12CC(C1)[C@@H](C(O)c1cccc(Cl)c1)N2.Cl. The molecule has 1 saturated carbocycles. The number of aliphatic hydroxyl groups is 1. The molecule has 4 heteroatoms. The van der Waals surface area contributed by atoms with Crippen LogP contribution in [0.2, 0.25) is 5.02 Å². The molecular weight excluding hydrogens is 257 g/mol. The highest BCUT2D eigenvalue weighted by atomic mass is 35.5. The van der Waals surface area contributed by atoms with E-state index in [9.17, 15) is 5.11 Å². The molecule has 2 bridgehead atoms. The number of halogens is 2. The van der Waals surface area contributed by atoms with Gasteiger partial charge in [0.1, 0.15) is 0 Å². The molecule has 1 aromatic rings. The standard InChI is InChI=1S/C13H16ClNO.ClH/c1-13-6-9(7-13)11(15-13)12(16)8-3-2-4-10(14)5-8;/h2-5,9,11-12,15-16H,6-7H2,1H3;1H/t9?,11-,12?,13?;/m0./s1. The van der Waals surface area contributed by atoms with Gasteiger partial charge < -0.3 is 10.4 Å². The van der Waals surface area contributed by atoms with Gasteiger partial charge >= 0.3 is 0 Å². The Bertz CT molecular complexity index is 418. The van der Waals surface area contributed by atoms with E-state index >= 15 is 0 Å². The minimum absolute atomic E-state index is 0. The number of aliphatic hydroxyl groups excluding tert-OH is 1. The number of hydrogen-bond acceptors (Lipinski definition) is 2. The molecule has 2 N–H and O–H groups in total. The largest absolute Gasteiger partial charge is 0.387 e. The van der Waals surface area contributed by atoms with E-state index in [1.165, 1.54) is 12.8 Å². The Morgan fingerprint density at radius 1 is 1.47 bits per heavy atom. The van der Waals surface area contributed by atoms with E-state index in [0.717, 1.165) is 5.56 Å². The second kappa shape index (κ2) is 4.43. The fraction of sp³-hybridized carbons (Fsp3) is 0.538. The minimum Gasteiger partial charge on any atom is -0.387 e. The molecule has 1 unspecified atom stereocenters. The van der Waals surface area contributed by atoms with E-state index in [4.69, 9.17) is 11.6 Å². The van der Waals surface area contributed by atoms with Crippen LogP contribution in [0, 0.1) is 5.92 Å². The smallest absolute Gasteiger partial charge is 0.0946 e. The third-order valence-electron chi connectivity index (χ3n) is 3.98. The second-order valence-electron chi connectivity index (χ2n) is 5.40. The van der Waals surface area contributed by atoms with Gasteiger partial charge in [-0.1, -0.05) is 23.7 Å². The molecule has 2 heterocycles. The van der Waals surface area contributed by atoms with Gasteiger partial charge in [0.05, 0.1) is 6.10 Å². The highest BCUT2D eigenvalue weighted by Gasteiger charge is 2.54. The van der Waals surface area contributed by atoms with E-state index in [2.05, 4.69) is 12.2 Å². The van der Waals surface area contributed by atoms with Crippen molar-refractivity contribution < 1.29 is 5.11 Å². The lowest BCUT2D eigenvalue weighted by Crippen LogP contribution is -2.40. The molecule has 0 spiro atoms. The maximum atomic E-state index is 10.3. The van der Waals surface area contributed by atoms with Gasteiger partial charge in [-0.2, -0.15) is 0 Å². The molecule has 2 atom stereocenters. The van der Waals surface area contributed by atoms with Gasteiger partial charge in [-0.3, -0.25) is 0 Å². The number of benzene rings is 1. The Balaban J connectivity index is 0.00000108. The number of hydrogen-bond donors (Lipinski definition) is 2. The third kappa shape index (κ3) is 2.19. The monoisotopic (exact) mass is 273 g/mol. The Morgan fingerprint density at radius 3 is 2.71 bits per heavy atom. The summed E-state index contributed by atoms with van der Waals surface area (Å²) in [5, 5.41) is 14.6. The normalized spacial score (nSPS) is 35.9. The zero-order chi connectivity index (χ0) is 11.3. The van der Waals surface area contributed by atoms with Gasteiger partial charge in [0.25, 0.3) is 0 Å². The van der Waals surface area contributed by atoms with Crippen LogP contribution in [0.1, 0.15) is 31.4 Å². The second-order valence-corrected chi connectivity index (χ2v) is 5.84. The van der Waals surface area contributed by atoms with E-state index in [1.807, 2.05) is 24.3 Å². The van der Waals surface area contributed by atoms with Gasteiger partial charge in [-0.15, -0.1) is 12.4 Å². The summed E-state index contributed by atoms with van der Waals surface area (Å²) in [4.78, 5) is 0. The van der Waals surface area contributed by atoms with Crippen LogP contribution in [0.5, 0.6) is 0 Å². The van der Waals surface area contributed by atoms with Crippen molar-refractivity contribution in [1.82, 2.24) is 5.32 Å². The molecule has 3 fully saturated rings. The molecule has 0 amide bonds. The van der Waals surface area contributed by atoms with Crippen molar-refractivity contribution in [3.8, 4) is 0 Å². The van der Waals surface area contributed by atoms with E-state index in [-0.39, 0.29) is 24.0 Å². The average Bonchev–Trinajstić information content (AvgIpc) is 2.70. The van der Waals surface area contributed by atoms with E-state index < -0.39 is 6.10 Å². The Hall–Kier alpha value is -0.280. The molecular formula is C13H17Cl2NO. The Labute approximate surface area is 113 Å². The summed E-state index contributed by atoms with van der Waals surface area (Å²) < 4.78 is 0. The summed E-state index contributed by atoms with van der Waals surface area (Å²) in [6.45, 7) is 2.23. The fourth-order valence-corrected chi connectivity index (χ4v) is 3.42. The van der Waals surface area contributed by atoms with Crippen LogP contribution in [-0.4, -0.2) is 16.7 Å². The first-order valence-corrected chi connectivity index (χ1v) is 6.16. The third-order valence-corrected chi connectivity index (χ3v) is 4.21. The predicted molar refractivity (Wildman–Crippen MR) is 71.7 cm³/mol. The van der Waals surface area contributed by atoms with E-state index in [1.54, 1.807) is 0 Å². The molecule has 0 aromatic heterocycles. The van der Waals surface area contributed by atoms with Crippen molar-refractivity contribution in [3.63, 3.8) is 0 Å². The molecule has 3 aliphatic rings. The van der Waals surface area contributed by atoms with Crippen LogP contribution in [0.3, 0.4) is 0 Å². The van der Waals surface area contributed by atoms with Gasteiger partial charge in [0.15, 0.2) is 0 Å². The maximum Gasteiger partial charge on any atom is 0.0946 e. The number of rotatable bonds is 2. The van der Waals surface area contributed by atoms with Crippen LogP contribution in [0.25, 0.3) is 0 Å². The summed E-state index contributed by atoms with van der Waals surface area (Å²) in [7, 11) is 0.